The molecule has 1 amide bonds. The number of hydrogen-bond acceptors (Lipinski definition) is 3. The third kappa shape index (κ3) is 2.89. The number of ether oxygens (including phenoxy) is 2. The molecule has 2 aromatic carbocycles. The van der Waals surface area contributed by atoms with Crippen LogP contribution in [0, 0.1) is 0 Å². The van der Waals surface area contributed by atoms with Crippen LogP contribution < -0.4 is 14.8 Å². The predicted octanol–water partition coefficient (Wildman–Crippen LogP) is 3.05. The third-order valence-corrected chi connectivity index (χ3v) is 4.43. The molecule has 0 unspecified atom stereocenters. The van der Waals surface area contributed by atoms with E-state index in [4.69, 9.17) is 9.47 Å². The summed E-state index contributed by atoms with van der Waals surface area (Å²) < 4.78 is 10.7. The van der Waals surface area contributed by atoms with Crippen molar-refractivity contribution in [2.24, 2.45) is 0 Å². The highest BCUT2D eigenvalue weighted by molar-refractivity contribution is 5.91. The van der Waals surface area contributed by atoms with Gasteiger partial charge in [0.2, 0.25) is 5.91 Å². The third-order valence-electron chi connectivity index (χ3n) is 4.43. The predicted molar refractivity (Wildman–Crippen MR) is 88.7 cm³/mol. The van der Waals surface area contributed by atoms with Gasteiger partial charge < -0.3 is 14.8 Å². The van der Waals surface area contributed by atoms with Crippen LogP contribution in [0.5, 0.6) is 11.5 Å². The average Bonchev–Trinajstić information content (AvgIpc) is 3.42. The van der Waals surface area contributed by atoms with Gasteiger partial charge >= 0.3 is 0 Å². The molecule has 4 nitrogen and oxygen atoms in total. The molecule has 0 radical (unpaired) electrons. The van der Waals surface area contributed by atoms with Gasteiger partial charge in [0, 0.05) is 12.1 Å². The molecule has 2 aromatic rings. The number of methoxy groups -OCH3 is 2. The molecule has 1 fully saturated rings. The van der Waals surface area contributed by atoms with E-state index in [1.165, 1.54) is 0 Å². The van der Waals surface area contributed by atoms with Crippen molar-refractivity contribution in [1.29, 1.82) is 0 Å². The van der Waals surface area contributed by atoms with Crippen LogP contribution in [-0.2, 0) is 16.8 Å². The van der Waals surface area contributed by atoms with Gasteiger partial charge in [0.05, 0.1) is 19.6 Å². The Kier molecular flexibility index (Phi) is 4.24. The Labute approximate surface area is 136 Å². The number of carbonyl (C=O) groups is 1. The maximum Gasteiger partial charge on any atom is 0.230 e. The van der Waals surface area contributed by atoms with Crippen LogP contribution in [-0.4, -0.2) is 20.1 Å². The zero-order valence-corrected chi connectivity index (χ0v) is 13.5. The molecule has 3 rings (SSSR count). The molecule has 0 atom stereocenters. The Morgan fingerprint density at radius 1 is 1.04 bits per heavy atom. The molecule has 1 aliphatic carbocycles. The summed E-state index contributed by atoms with van der Waals surface area (Å²) in [5, 5.41) is 3.05. The maximum atomic E-state index is 12.7. The number of carbonyl (C=O) groups excluding carboxylic acids is 1. The summed E-state index contributed by atoms with van der Waals surface area (Å²) in [6.45, 7) is 0.424. The summed E-state index contributed by atoms with van der Waals surface area (Å²) in [6.07, 6.45) is 1.80. The molecule has 1 aliphatic rings. The Hall–Kier alpha value is -2.49. The monoisotopic (exact) mass is 311 g/mol. The molecule has 0 heterocycles. The fourth-order valence-electron chi connectivity index (χ4n) is 2.97. The van der Waals surface area contributed by atoms with E-state index in [1.54, 1.807) is 14.2 Å². The smallest absolute Gasteiger partial charge is 0.230 e. The molecule has 23 heavy (non-hydrogen) atoms. The van der Waals surface area contributed by atoms with E-state index in [-0.39, 0.29) is 11.3 Å². The van der Waals surface area contributed by atoms with Gasteiger partial charge in [0.25, 0.3) is 0 Å². The van der Waals surface area contributed by atoms with Gasteiger partial charge in [-0.25, -0.2) is 0 Å². The topological polar surface area (TPSA) is 47.6 Å². The minimum absolute atomic E-state index is 0.0774. The average molecular weight is 311 g/mol. The van der Waals surface area contributed by atoms with E-state index in [2.05, 4.69) is 5.32 Å². The highest BCUT2D eigenvalue weighted by atomic mass is 16.5. The Balaban J connectivity index is 1.73. The second-order valence-electron chi connectivity index (χ2n) is 5.78. The van der Waals surface area contributed by atoms with Gasteiger partial charge in [-0.05, 0) is 24.5 Å². The van der Waals surface area contributed by atoms with Gasteiger partial charge in [-0.2, -0.15) is 0 Å². The van der Waals surface area contributed by atoms with E-state index in [0.29, 0.717) is 18.0 Å². The van der Waals surface area contributed by atoms with Gasteiger partial charge in [-0.3, -0.25) is 4.79 Å². The zero-order valence-electron chi connectivity index (χ0n) is 13.5. The first-order valence-electron chi connectivity index (χ1n) is 7.75. The van der Waals surface area contributed by atoms with E-state index in [9.17, 15) is 4.79 Å². The number of benzene rings is 2. The molecule has 0 aromatic heterocycles. The normalized spacial score (nSPS) is 14.9. The molecule has 1 saturated carbocycles. The molecule has 0 aliphatic heterocycles. The quantitative estimate of drug-likeness (QED) is 0.892. The van der Waals surface area contributed by atoms with Gasteiger partial charge in [0.1, 0.15) is 0 Å². The minimum Gasteiger partial charge on any atom is -0.493 e. The lowest BCUT2D eigenvalue weighted by Crippen LogP contribution is -2.34. The van der Waals surface area contributed by atoms with Crippen LogP contribution in [0.2, 0.25) is 0 Å². The number of nitrogens with one attached hydrogen (secondary N) is 1. The highest BCUT2D eigenvalue weighted by Crippen LogP contribution is 2.48. The summed E-state index contributed by atoms with van der Waals surface area (Å²) in [4.78, 5) is 12.7. The molecular formula is C19H21NO3. The van der Waals surface area contributed by atoms with E-state index in [1.807, 2.05) is 48.5 Å². The van der Waals surface area contributed by atoms with Gasteiger partial charge in [0.15, 0.2) is 11.5 Å². The Morgan fingerprint density at radius 3 is 2.39 bits per heavy atom. The molecule has 0 spiro atoms. The van der Waals surface area contributed by atoms with E-state index >= 15 is 0 Å². The van der Waals surface area contributed by atoms with Gasteiger partial charge in [-0.1, -0.05) is 42.5 Å². The van der Waals surface area contributed by atoms with Crippen molar-refractivity contribution in [3.05, 3.63) is 59.7 Å². The molecule has 4 heteroatoms. The number of para-hydroxylation sites is 1. The van der Waals surface area contributed by atoms with Crippen LogP contribution in [0.1, 0.15) is 24.0 Å². The first kappa shape index (κ1) is 15.4. The van der Waals surface area contributed by atoms with Crippen molar-refractivity contribution < 1.29 is 14.3 Å². The molecule has 0 bridgehead atoms. The summed E-state index contributed by atoms with van der Waals surface area (Å²) in [7, 11) is 3.21. The van der Waals surface area contributed by atoms with Crippen molar-refractivity contribution in [2.45, 2.75) is 24.8 Å². The first-order chi connectivity index (χ1) is 11.2. The van der Waals surface area contributed by atoms with Crippen LogP contribution in [0.4, 0.5) is 0 Å². The van der Waals surface area contributed by atoms with Crippen molar-refractivity contribution in [3.63, 3.8) is 0 Å². The maximum absolute atomic E-state index is 12.7. The van der Waals surface area contributed by atoms with Crippen molar-refractivity contribution >= 4 is 5.91 Å². The SMILES string of the molecule is COc1cccc(CNC(=O)C2(c3ccccc3)CC2)c1OC. The second kappa shape index (κ2) is 6.32. The molecule has 0 saturated heterocycles. The first-order valence-corrected chi connectivity index (χ1v) is 7.75. The molecular weight excluding hydrogens is 290 g/mol. The number of amides is 1. The van der Waals surface area contributed by atoms with Crippen molar-refractivity contribution in [1.82, 2.24) is 5.32 Å². The standard InChI is InChI=1S/C19H21NO3/c1-22-16-10-6-7-14(17(16)23-2)13-20-18(21)19(11-12-19)15-8-4-3-5-9-15/h3-10H,11-13H2,1-2H3,(H,20,21). The molecule has 1 N–H and O–H groups in total. The number of hydrogen-bond donors (Lipinski definition) is 1. The Morgan fingerprint density at radius 2 is 1.78 bits per heavy atom. The molecule has 120 valence electrons. The van der Waals surface area contributed by atoms with Crippen LogP contribution >= 0.6 is 0 Å². The fourth-order valence-corrected chi connectivity index (χ4v) is 2.97. The fraction of sp³-hybridized carbons (Fsp3) is 0.316. The summed E-state index contributed by atoms with van der Waals surface area (Å²) in [5.41, 5.74) is 1.65. The summed E-state index contributed by atoms with van der Waals surface area (Å²) >= 11 is 0. The largest absolute Gasteiger partial charge is 0.493 e. The highest BCUT2D eigenvalue weighted by Gasteiger charge is 2.50. The lowest BCUT2D eigenvalue weighted by atomic mass is 9.95. The summed E-state index contributed by atoms with van der Waals surface area (Å²) in [6, 6.07) is 15.7. The number of rotatable bonds is 6. The summed E-state index contributed by atoms with van der Waals surface area (Å²) in [5.74, 6) is 1.41. The van der Waals surface area contributed by atoms with Crippen molar-refractivity contribution in [2.75, 3.05) is 14.2 Å². The Bertz CT molecular complexity index is 693. The lowest BCUT2D eigenvalue weighted by Gasteiger charge is -2.17. The van der Waals surface area contributed by atoms with Gasteiger partial charge in [-0.15, -0.1) is 0 Å². The zero-order chi connectivity index (χ0) is 16.3. The van der Waals surface area contributed by atoms with Crippen molar-refractivity contribution in [3.8, 4) is 11.5 Å². The van der Waals surface area contributed by atoms with Crippen LogP contribution in [0.3, 0.4) is 0 Å². The lowest BCUT2D eigenvalue weighted by molar-refractivity contribution is -0.123. The van der Waals surface area contributed by atoms with E-state index < -0.39 is 0 Å². The van der Waals surface area contributed by atoms with Crippen LogP contribution in [0.15, 0.2) is 48.5 Å². The minimum atomic E-state index is -0.354. The van der Waals surface area contributed by atoms with Crippen LogP contribution in [0.25, 0.3) is 0 Å². The second-order valence-corrected chi connectivity index (χ2v) is 5.78. The van der Waals surface area contributed by atoms with E-state index in [0.717, 1.165) is 24.0 Å².